The zero-order valence-electron chi connectivity index (χ0n) is 10.2. The molecule has 0 amide bonds. The topological polar surface area (TPSA) is 66.6 Å². The van der Waals surface area contributed by atoms with Gasteiger partial charge in [0.1, 0.15) is 18.2 Å². The summed E-state index contributed by atoms with van der Waals surface area (Å²) in [6.45, 7) is 0.254. The van der Waals surface area contributed by atoms with Gasteiger partial charge in [0.2, 0.25) is 0 Å². The smallest absolute Gasteiger partial charge is 0.176 e. The van der Waals surface area contributed by atoms with Crippen LogP contribution >= 0.6 is 11.6 Å². The number of hydrogen-bond acceptors (Lipinski definition) is 3. The Balaban J connectivity index is 1.67. The molecule has 5 nitrogen and oxygen atoms in total. The van der Waals surface area contributed by atoms with Crippen LogP contribution in [0, 0.1) is 5.82 Å². The Labute approximate surface area is 118 Å². The minimum absolute atomic E-state index is 0.237. The zero-order chi connectivity index (χ0) is 13.9. The highest BCUT2D eigenvalue weighted by atomic mass is 35.5. The summed E-state index contributed by atoms with van der Waals surface area (Å²) in [5.74, 6) is 0.770. The second-order valence-electron chi connectivity index (χ2n) is 4.10. The number of hydrogen-bond donors (Lipinski definition) is 2. The van der Waals surface area contributed by atoms with Crippen LogP contribution < -0.4 is 4.74 Å². The third kappa shape index (κ3) is 2.65. The number of H-pyrrole nitrogens is 2. The molecule has 2 heterocycles. The standard InChI is InChI=1S/C13H10ClFN4O/c14-11-5-9(15)2-4-12(11)20-7-10-3-1-8(6-16-10)13-17-19-18-13/h1-6,19H,7H2,(H,17,18). The van der Waals surface area contributed by atoms with Gasteiger partial charge < -0.3 is 4.74 Å². The molecule has 0 saturated carbocycles. The first-order valence-electron chi connectivity index (χ1n) is 5.84. The van der Waals surface area contributed by atoms with Gasteiger partial charge in [0, 0.05) is 11.8 Å². The number of nitrogens with one attached hydrogen (secondary N) is 2. The number of aromatic nitrogens is 4. The fraction of sp³-hybridized carbons (Fsp3) is 0.0769. The molecule has 0 aliphatic carbocycles. The molecule has 0 saturated heterocycles. The Kier molecular flexibility index (Phi) is 3.39. The van der Waals surface area contributed by atoms with E-state index in [1.807, 2.05) is 12.1 Å². The third-order valence-corrected chi connectivity index (χ3v) is 3.01. The quantitative estimate of drug-likeness (QED) is 0.776. The summed E-state index contributed by atoms with van der Waals surface area (Å²) >= 11 is 5.87. The maximum absolute atomic E-state index is 12.9. The lowest BCUT2D eigenvalue weighted by Gasteiger charge is -2.08. The van der Waals surface area contributed by atoms with Crippen LogP contribution in [-0.4, -0.2) is 20.4 Å². The van der Waals surface area contributed by atoms with Crippen molar-refractivity contribution in [2.24, 2.45) is 0 Å². The highest BCUT2D eigenvalue weighted by Gasteiger charge is 2.06. The summed E-state index contributed by atoms with van der Waals surface area (Å²) in [5, 5.41) is 9.55. The first-order chi connectivity index (χ1) is 9.72. The Morgan fingerprint density at radius 1 is 1.25 bits per heavy atom. The number of ether oxygens (including phenoxy) is 1. The van der Waals surface area contributed by atoms with Crippen LogP contribution in [-0.2, 0) is 6.61 Å². The van der Waals surface area contributed by atoms with E-state index in [0.29, 0.717) is 5.75 Å². The molecule has 102 valence electrons. The number of rotatable bonds is 4. The first kappa shape index (κ1) is 12.7. The van der Waals surface area contributed by atoms with E-state index in [0.717, 1.165) is 17.1 Å². The van der Waals surface area contributed by atoms with Crippen molar-refractivity contribution < 1.29 is 9.13 Å². The summed E-state index contributed by atoms with van der Waals surface area (Å²) in [6, 6.07) is 7.70. The second-order valence-corrected chi connectivity index (χ2v) is 4.51. The fourth-order valence-electron chi connectivity index (χ4n) is 1.64. The van der Waals surface area contributed by atoms with Crippen LogP contribution in [0.25, 0.3) is 11.4 Å². The summed E-state index contributed by atoms with van der Waals surface area (Å²) in [5.41, 5.74) is 1.62. The lowest BCUT2D eigenvalue weighted by atomic mass is 10.2. The minimum Gasteiger partial charge on any atom is -0.486 e. The predicted octanol–water partition coefficient (Wildman–Crippen LogP) is 3.17. The van der Waals surface area contributed by atoms with Gasteiger partial charge in [0.05, 0.1) is 10.7 Å². The van der Waals surface area contributed by atoms with Gasteiger partial charge in [-0.3, -0.25) is 10.1 Å². The van der Waals surface area contributed by atoms with Gasteiger partial charge in [-0.2, -0.15) is 0 Å². The fourth-order valence-corrected chi connectivity index (χ4v) is 1.86. The van der Waals surface area contributed by atoms with Crippen LogP contribution in [0.5, 0.6) is 5.75 Å². The highest BCUT2D eigenvalue weighted by Crippen LogP contribution is 2.25. The largest absolute Gasteiger partial charge is 0.486 e. The van der Waals surface area contributed by atoms with Crippen molar-refractivity contribution >= 4 is 11.6 Å². The molecule has 0 spiro atoms. The minimum atomic E-state index is -0.396. The Morgan fingerprint density at radius 3 is 2.70 bits per heavy atom. The van der Waals surface area contributed by atoms with Crippen molar-refractivity contribution in [3.8, 4) is 17.1 Å². The molecular formula is C13H10ClFN4O. The molecule has 0 unspecified atom stereocenters. The molecular weight excluding hydrogens is 283 g/mol. The normalized spacial score (nSPS) is 10.7. The van der Waals surface area contributed by atoms with Gasteiger partial charge in [-0.1, -0.05) is 11.6 Å². The average Bonchev–Trinajstić information content (AvgIpc) is 2.37. The summed E-state index contributed by atoms with van der Waals surface area (Å²) < 4.78 is 18.4. The van der Waals surface area contributed by atoms with Crippen LogP contribution in [0.1, 0.15) is 5.69 Å². The van der Waals surface area contributed by atoms with E-state index in [9.17, 15) is 4.39 Å². The van der Waals surface area contributed by atoms with Gasteiger partial charge in [-0.05, 0) is 30.3 Å². The van der Waals surface area contributed by atoms with Crippen molar-refractivity contribution in [2.75, 3.05) is 0 Å². The summed E-state index contributed by atoms with van der Waals surface area (Å²) in [7, 11) is 0. The molecule has 0 aliphatic heterocycles. The first-order valence-corrected chi connectivity index (χ1v) is 6.22. The van der Waals surface area contributed by atoms with Gasteiger partial charge in [0.25, 0.3) is 0 Å². The molecule has 1 aromatic carbocycles. The number of nitrogens with zero attached hydrogens (tertiary/aromatic N) is 2. The molecule has 3 rings (SSSR count). The van der Waals surface area contributed by atoms with Crippen molar-refractivity contribution in [1.29, 1.82) is 0 Å². The van der Waals surface area contributed by atoms with Crippen LogP contribution in [0.15, 0.2) is 36.5 Å². The zero-order valence-corrected chi connectivity index (χ0v) is 11.0. The maximum Gasteiger partial charge on any atom is 0.176 e. The van der Waals surface area contributed by atoms with Gasteiger partial charge in [0.15, 0.2) is 5.82 Å². The van der Waals surface area contributed by atoms with Gasteiger partial charge in [-0.15, -0.1) is 5.10 Å². The molecule has 0 atom stereocenters. The Bertz CT molecular complexity index is 698. The van der Waals surface area contributed by atoms with Crippen LogP contribution in [0.2, 0.25) is 5.02 Å². The van der Waals surface area contributed by atoms with E-state index in [2.05, 4.69) is 20.4 Å². The number of halogens is 2. The molecule has 0 radical (unpaired) electrons. The van der Waals surface area contributed by atoms with Crippen molar-refractivity contribution in [3.63, 3.8) is 0 Å². The monoisotopic (exact) mass is 292 g/mol. The van der Waals surface area contributed by atoms with Crippen molar-refractivity contribution in [1.82, 2.24) is 20.4 Å². The van der Waals surface area contributed by atoms with Crippen LogP contribution in [0.3, 0.4) is 0 Å². The summed E-state index contributed by atoms with van der Waals surface area (Å²) in [6.07, 6.45) is 1.69. The molecule has 2 aromatic heterocycles. The lowest BCUT2D eigenvalue weighted by Crippen LogP contribution is -2.02. The van der Waals surface area contributed by atoms with E-state index in [-0.39, 0.29) is 11.6 Å². The van der Waals surface area contributed by atoms with E-state index < -0.39 is 5.82 Å². The Hall–Kier alpha value is -2.34. The lowest BCUT2D eigenvalue weighted by molar-refractivity contribution is 0.301. The predicted molar refractivity (Wildman–Crippen MR) is 71.9 cm³/mol. The molecule has 3 aromatic rings. The highest BCUT2D eigenvalue weighted by molar-refractivity contribution is 6.32. The van der Waals surface area contributed by atoms with E-state index in [1.165, 1.54) is 18.2 Å². The summed E-state index contributed by atoms with van der Waals surface area (Å²) in [4.78, 5) is 4.25. The number of aromatic amines is 2. The van der Waals surface area contributed by atoms with E-state index in [1.54, 1.807) is 6.20 Å². The SMILES string of the molecule is Fc1ccc(OCc2ccc(-c3n[nH][nH]3)cn2)c(Cl)c1. The number of pyridine rings is 1. The molecule has 20 heavy (non-hydrogen) atoms. The van der Waals surface area contributed by atoms with Gasteiger partial charge >= 0.3 is 0 Å². The van der Waals surface area contributed by atoms with Crippen molar-refractivity contribution in [2.45, 2.75) is 6.61 Å². The average molecular weight is 293 g/mol. The number of benzene rings is 1. The third-order valence-electron chi connectivity index (χ3n) is 2.71. The molecule has 2 N–H and O–H groups in total. The molecule has 0 aliphatic rings. The molecule has 0 bridgehead atoms. The van der Waals surface area contributed by atoms with E-state index in [4.69, 9.17) is 16.3 Å². The van der Waals surface area contributed by atoms with Gasteiger partial charge in [-0.25, -0.2) is 9.60 Å². The van der Waals surface area contributed by atoms with Crippen LogP contribution in [0.4, 0.5) is 4.39 Å². The molecule has 7 heteroatoms. The second kappa shape index (κ2) is 5.34. The van der Waals surface area contributed by atoms with Crippen molar-refractivity contribution in [3.05, 3.63) is 53.1 Å². The Morgan fingerprint density at radius 2 is 2.10 bits per heavy atom. The molecule has 0 fully saturated rings. The maximum atomic E-state index is 12.9. The van der Waals surface area contributed by atoms with E-state index >= 15 is 0 Å².